The van der Waals surface area contributed by atoms with Crippen molar-refractivity contribution in [2.45, 2.75) is 0 Å². The number of carbonyl (C=O) groups excluding carboxylic acids is 1. The number of ketones is 1. The zero-order valence-corrected chi connectivity index (χ0v) is 10.2. The number of hydrogen-bond donors (Lipinski definition) is 4. The van der Waals surface area contributed by atoms with E-state index in [9.17, 15) is 25.2 Å². The van der Waals surface area contributed by atoms with Gasteiger partial charge in [-0.2, -0.15) is 0 Å². The van der Waals surface area contributed by atoms with E-state index >= 15 is 0 Å². The van der Waals surface area contributed by atoms with E-state index in [0.717, 1.165) is 6.07 Å². The molecule has 5 nitrogen and oxygen atoms in total. The smallest absolute Gasteiger partial charge is 0.201 e. The Labute approximate surface area is 113 Å². The van der Waals surface area contributed by atoms with Gasteiger partial charge in [0.2, 0.25) is 5.78 Å². The van der Waals surface area contributed by atoms with Crippen LogP contribution in [-0.2, 0) is 0 Å². The first-order valence-electron chi connectivity index (χ1n) is 5.82. The summed E-state index contributed by atoms with van der Waals surface area (Å²) < 4.78 is 0. The number of aliphatic hydroxyl groups is 1. The summed E-state index contributed by atoms with van der Waals surface area (Å²) in [5.74, 6) is -1.42. The molecular formula is C15H10O5. The van der Waals surface area contributed by atoms with E-state index in [1.54, 1.807) is 0 Å². The Hall–Kier alpha value is -2.95. The predicted molar refractivity (Wildman–Crippen MR) is 71.7 cm³/mol. The average Bonchev–Trinajstić information content (AvgIpc) is 2.63. The number of rotatable bonds is 1. The molecule has 20 heavy (non-hydrogen) atoms. The lowest BCUT2D eigenvalue weighted by Crippen LogP contribution is -1.98. The number of phenols is 3. The van der Waals surface area contributed by atoms with E-state index in [2.05, 4.69) is 0 Å². The summed E-state index contributed by atoms with van der Waals surface area (Å²) in [7, 11) is 0. The van der Waals surface area contributed by atoms with E-state index < -0.39 is 5.78 Å². The van der Waals surface area contributed by atoms with Crippen molar-refractivity contribution < 1.29 is 25.2 Å². The number of hydrogen-bond acceptors (Lipinski definition) is 5. The second-order valence-corrected chi connectivity index (χ2v) is 4.49. The molecule has 2 aromatic carbocycles. The Balaban J connectivity index is 2.22. The number of fused-ring (bicyclic) bond motifs is 1. The van der Waals surface area contributed by atoms with Crippen LogP contribution in [0.15, 0.2) is 36.4 Å². The van der Waals surface area contributed by atoms with Crippen LogP contribution in [0.1, 0.15) is 21.5 Å². The van der Waals surface area contributed by atoms with Crippen molar-refractivity contribution >= 4 is 17.1 Å². The number of phenolic OH excluding ortho intramolecular Hbond substituents is 3. The van der Waals surface area contributed by atoms with Crippen LogP contribution in [0.5, 0.6) is 17.2 Å². The molecule has 0 saturated heterocycles. The van der Waals surface area contributed by atoms with Gasteiger partial charge >= 0.3 is 0 Å². The minimum Gasteiger partial charge on any atom is -0.508 e. The van der Waals surface area contributed by atoms with E-state index in [1.807, 2.05) is 0 Å². The molecule has 0 atom stereocenters. The largest absolute Gasteiger partial charge is 0.508 e. The molecule has 0 fully saturated rings. The fourth-order valence-electron chi connectivity index (χ4n) is 2.30. The van der Waals surface area contributed by atoms with Crippen molar-refractivity contribution in [2.75, 3.05) is 0 Å². The van der Waals surface area contributed by atoms with Crippen LogP contribution in [0.25, 0.3) is 11.3 Å². The van der Waals surface area contributed by atoms with Crippen molar-refractivity contribution in [1.29, 1.82) is 0 Å². The highest BCUT2D eigenvalue weighted by molar-refractivity contribution is 6.39. The monoisotopic (exact) mass is 270 g/mol. The lowest BCUT2D eigenvalue weighted by atomic mass is 10.0. The maximum atomic E-state index is 12.3. The SMILES string of the molecule is O=C1C(c2ccc(O)cc2)=C(O)c2cc(O)cc(O)c21. The molecule has 0 aromatic heterocycles. The second-order valence-electron chi connectivity index (χ2n) is 4.49. The van der Waals surface area contributed by atoms with E-state index in [1.165, 1.54) is 30.3 Å². The molecule has 100 valence electrons. The molecule has 0 spiro atoms. The number of aliphatic hydroxyl groups excluding tert-OH is 1. The lowest BCUT2D eigenvalue weighted by Gasteiger charge is -2.03. The van der Waals surface area contributed by atoms with Crippen LogP contribution >= 0.6 is 0 Å². The van der Waals surface area contributed by atoms with Crippen molar-refractivity contribution in [3.8, 4) is 17.2 Å². The molecule has 5 heteroatoms. The van der Waals surface area contributed by atoms with Gasteiger partial charge in [-0.25, -0.2) is 0 Å². The minimum atomic E-state index is -0.527. The normalized spacial score (nSPS) is 13.7. The average molecular weight is 270 g/mol. The molecule has 0 heterocycles. The highest BCUT2D eigenvalue weighted by Crippen LogP contribution is 2.42. The van der Waals surface area contributed by atoms with E-state index in [4.69, 9.17) is 0 Å². The topological polar surface area (TPSA) is 98.0 Å². The van der Waals surface area contributed by atoms with Gasteiger partial charge in [0.05, 0.1) is 11.1 Å². The number of aromatic hydroxyl groups is 3. The number of benzene rings is 2. The number of Topliss-reactive ketones (excluding diaryl/α,β-unsaturated/α-hetero) is 1. The Morgan fingerprint density at radius 1 is 0.800 bits per heavy atom. The molecule has 0 radical (unpaired) electrons. The summed E-state index contributed by atoms with van der Waals surface area (Å²) in [6, 6.07) is 8.02. The first kappa shape index (κ1) is 12.1. The molecule has 0 saturated carbocycles. The zero-order chi connectivity index (χ0) is 14.4. The van der Waals surface area contributed by atoms with Gasteiger partial charge in [-0.1, -0.05) is 12.1 Å². The van der Waals surface area contributed by atoms with Crippen LogP contribution in [0.2, 0.25) is 0 Å². The summed E-state index contributed by atoms with van der Waals surface area (Å²) in [6.45, 7) is 0. The Kier molecular flexibility index (Phi) is 2.44. The maximum absolute atomic E-state index is 12.3. The van der Waals surface area contributed by atoms with Gasteiger partial charge in [0.25, 0.3) is 0 Å². The Bertz CT molecular complexity index is 757. The highest BCUT2D eigenvalue weighted by Gasteiger charge is 2.33. The molecule has 4 N–H and O–H groups in total. The fourth-order valence-corrected chi connectivity index (χ4v) is 2.30. The molecule has 0 unspecified atom stereocenters. The fraction of sp³-hybridized carbons (Fsp3) is 0. The summed E-state index contributed by atoms with van der Waals surface area (Å²) >= 11 is 0. The Morgan fingerprint density at radius 2 is 1.45 bits per heavy atom. The number of allylic oxidation sites excluding steroid dienone is 1. The standard InChI is InChI=1S/C15H10O5/c16-8-3-1-7(2-4-8)12-14(19)10-5-9(17)6-11(18)13(10)15(12)20/h1-6,16-19H. The van der Waals surface area contributed by atoms with Crippen molar-refractivity contribution in [2.24, 2.45) is 0 Å². The summed E-state index contributed by atoms with van der Waals surface area (Å²) in [4.78, 5) is 12.3. The molecule has 2 aromatic rings. The molecule has 0 aliphatic heterocycles. The van der Waals surface area contributed by atoms with E-state index in [0.29, 0.717) is 5.56 Å². The van der Waals surface area contributed by atoms with Gasteiger partial charge in [-0.3, -0.25) is 4.79 Å². The van der Waals surface area contributed by atoms with Crippen molar-refractivity contribution in [1.82, 2.24) is 0 Å². The Morgan fingerprint density at radius 3 is 2.10 bits per heavy atom. The predicted octanol–water partition coefficient (Wildman–Crippen LogP) is 2.43. The maximum Gasteiger partial charge on any atom is 0.201 e. The molecule has 3 rings (SSSR count). The van der Waals surface area contributed by atoms with E-state index in [-0.39, 0.29) is 39.7 Å². The summed E-state index contributed by atoms with van der Waals surface area (Å²) in [6.07, 6.45) is 0. The van der Waals surface area contributed by atoms with Crippen LogP contribution in [0.4, 0.5) is 0 Å². The van der Waals surface area contributed by atoms with Gasteiger partial charge < -0.3 is 20.4 Å². The van der Waals surface area contributed by atoms with Gasteiger partial charge in [-0.15, -0.1) is 0 Å². The third-order valence-corrected chi connectivity index (χ3v) is 3.20. The third kappa shape index (κ3) is 1.60. The van der Waals surface area contributed by atoms with Gasteiger partial charge in [0.1, 0.15) is 23.0 Å². The lowest BCUT2D eigenvalue weighted by molar-refractivity contribution is 0.105. The summed E-state index contributed by atoms with van der Waals surface area (Å²) in [5.41, 5.74) is 0.500. The first-order valence-corrected chi connectivity index (χ1v) is 5.82. The van der Waals surface area contributed by atoms with Crippen LogP contribution in [-0.4, -0.2) is 26.2 Å². The molecule has 0 bridgehead atoms. The number of carbonyl (C=O) groups is 1. The summed E-state index contributed by atoms with van der Waals surface area (Å²) in [5, 5.41) is 38.6. The van der Waals surface area contributed by atoms with Gasteiger partial charge in [0, 0.05) is 11.6 Å². The molecule has 1 aliphatic carbocycles. The molecule has 1 aliphatic rings. The highest BCUT2D eigenvalue weighted by atomic mass is 16.3. The first-order chi connectivity index (χ1) is 9.49. The molecule has 0 amide bonds. The van der Waals surface area contributed by atoms with Gasteiger partial charge in [0.15, 0.2) is 0 Å². The van der Waals surface area contributed by atoms with Crippen LogP contribution in [0.3, 0.4) is 0 Å². The minimum absolute atomic E-state index is 0.0286. The van der Waals surface area contributed by atoms with Crippen molar-refractivity contribution in [3.05, 3.63) is 53.1 Å². The van der Waals surface area contributed by atoms with Crippen LogP contribution < -0.4 is 0 Å². The third-order valence-electron chi connectivity index (χ3n) is 3.20. The van der Waals surface area contributed by atoms with Crippen molar-refractivity contribution in [3.63, 3.8) is 0 Å². The zero-order valence-electron chi connectivity index (χ0n) is 10.2. The van der Waals surface area contributed by atoms with Crippen LogP contribution in [0, 0.1) is 0 Å². The molecular weight excluding hydrogens is 260 g/mol. The van der Waals surface area contributed by atoms with Gasteiger partial charge in [-0.05, 0) is 23.8 Å². The second kappa shape index (κ2) is 4.03. The quantitative estimate of drug-likeness (QED) is 0.638.